The molecule has 544 valence electrons. The van der Waals surface area contributed by atoms with Crippen molar-refractivity contribution in [2.24, 2.45) is 0 Å². The van der Waals surface area contributed by atoms with E-state index in [1.807, 2.05) is 0 Å². The van der Waals surface area contributed by atoms with Crippen molar-refractivity contribution in [2.75, 3.05) is 26.4 Å². The summed E-state index contributed by atoms with van der Waals surface area (Å²) in [5, 5.41) is 121. The largest absolute Gasteiger partial charge is 0.394 e. The lowest BCUT2D eigenvalue weighted by molar-refractivity contribution is -0.379. The highest BCUT2D eigenvalue weighted by atomic mass is 16.8. The van der Waals surface area contributed by atoms with Crippen LogP contribution in [0.15, 0.2) is 85.1 Å². The predicted octanol–water partition coefficient (Wildman–Crippen LogP) is 10.7. The van der Waals surface area contributed by atoms with Gasteiger partial charge in [-0.25, -0.2) is 0 Å². The molecule has 19 nitrogen and oxygen atoms in total. The van der Waals surface area contributed by atoms with Gasteiger partial charge >= 0.3 is 0 Å². The molecule has 17 atom stereocenters. The molecule has 0 spiro atoms. The van der Waals surface area contributed by atoms with E-state index in [1.165, 1.54) is 103 Å². The summed E-state index contributed by atoms with van der Waals surface area (Å²) in [6, 6.07) is -0.900. The quantitative estimate of drug-likeness (QED) is 0.0199. The summed E-state index contributed by atoms with van der Waals surface area (Å²) < 4.78 is 34.5. The lowest BCUT2D eigenvalue weighted by Crippen LogP contribution is -2.66. The molecule has 0 radical (unpaired) electrons. The molecular formula is C75H131NO18. The standard InChI is InChI=1S/C75H131NO18/c1-3-5-7-9-11-13-15-17-19-21-23-25-26-27-28-29-30-31-32-33-35-37-39-41-43-45-47-49-51-53-63(81)76-58(59(80)52-50-48-46-44-42-40-38-36-34-24-22-20-18-16-14-12-10-8-6-4-2)57-89-73-69(87)66(84)71(61(55-78)91-73)94-75-70(88)67(85)72(62(56-79)92-75)93-74-68(86)65(83)64(82)60(54-77)90-74/h5,7,11,13,17,19,23,25,27-28,30-31,33,35,58-62,64-75,77-80,82-88H,3-4,6,8-10,12,14-16,18,20-22,24,26,29,32,34,36-57H2,1-2H3,(H,76,81)/b7-5-,13-11-,19-17-,25-23-,28-27-,31-30-,35-33-. The van der Waals surface area contributed by atoms with E-state index < -0.39 is 124 Å². The van der Waals surface area contributed by atoms with Gasteiger partial charge in [0.1, 0.15) is 73.2 Å². The zero-order valence-corrected chi connectivity index (χ0v) is 57.7. The number of hydrogen-bond acceptors (Lipinski definition) is 18. The fourth-order valence-electron chi connectivity index (χ4n) is 12.1. The van der Waals surface area contributed by atoms with Gasteiger partial charge in [0.2, 0.25) is 5.91 Å². The van der Waals surface area contributed by atoms with E-state index in [1.54, 1.807) is 0 Å². The minimum absolute atomic E-state index is 0.249. The maximum Gasteiger partial charge on any atom is 0.220 e. The van der Waals surface area contributed by atoms with E-state index in [2.05, 4.69) is 104 Å². The Morgan fingerprint density at radius 1 is 0.394 bits per heavy atom. The van der Waals surface area contributed by atoms with E-state index in [0.717, 1.165) is 116 Å². The third-order valence-corrected chi connectivity index (χ3v) is 18.0. The van der Waals surface area contributed by atoms with Crippen molar-refractivity contribution < 1.29 is 89.4 Å². The van der Waals surface area contributed by atoms with Gasteiger partial charge in [-0.1, -0.05) is 259 Å². The van der Waals surface area contributed by atoms with Crippen LogP contribution in [0.5, 0.6) is 0 Å². The van der Waals surface area contributed by atoms with E-state index >= 15 is 0 Å². The second-order valence-corrected chi connectivity index (χ2v) is 26.0. The molecule has 0 saturated carbocycles. The summed E-state index contributed by atoms with van der Waals surface area (Å²) >= 11 is 0. The molecule has 19 heteroatoms. The van der Waals surface area contributed by atoms with Crippen LogP contribution in [0.2, 0.25) is 0 Å². The van der Waals surface area contributed by atoms with Gasteiger partial charge in [-0.15, -0.1) is 0 Å². The molecule has 0 aromatic heterocycles. The second kappa shape index (κ2) is 55.8. The fraction of sp³-hybridized carbons (Fsp3) is 0.800. The van der Waals surface area contributed by atoms with Crippen molar-refractivity contribution in [1.82, 2.24) is 5.32 Å². The summed E-state index contributed by atoms with van der Waals surface area (Å²) in [4.78, 5) is 13.5. The summed E-state index contributed by atoms with van der Waals surface area (Å²) in [5.74, 6) is -0.256. The first kappa shape index (κ1) is 85.2. The molecule has 0 aliphatic carbocycles. The van der Waals surface area contributed by atoms with Gasteiger partial charge in [-0.3, -0.25) is 4.79 Å². The van der Waals surface area contributed by atoms with Crippen LogP contribution in [0.25, 0.3) is 0 Å². The number of ether oxygens (including phenoxy) is 6. The number of nitrogens with one attached hydrogen (secondary N) is 1. The molecule has 12 N–H and O–H groups in total. The zero-order valence-electron chi connectivity index (χ0n) is 57.7. The van der Waals surface area contributed by atoms with Crippen LogP contribution < -0.4 is 5.32 Å². The first-order chi connectivity index (χ1) is 45.8. The highest BCUT2D eigenvalue weighted by molar-refractivity contribution is 5.76. The molecule has 0 bridgehead atoms. The highest BCUT2D eigenvalue weighted by Crippen LogP contribution is 2.33. The monoisotopic (exact) mass is 1330 g/mol. The summed E-state index contributed by atoms with van der Waals surface area (Å²) in [6.45, 7) is 1.69. The average Bonchev–Trinajstić information content (AvgIpc) is 0.787. The van der Waals surface area contributed by atoms with Gasteiger partial charge in [-0.2, -0.15) is 0 Å². The zero-order chi connectivity index (χ0) is 68.2. The lowest BCUT2D eigenvalue weighted by Gasteiger charge is -2.48. The SMILES string of the molecule is CC/C=C\C/C=C\C/C=C\C/C=C\C/C=C\C/C=C\C/C=C\CCCCCCCCCC(=O)NC(COC1OC(CO)C(OC2OC(CO)C(OC3OC(CO)C(O)C(O)C3O)C(O)C2O)C(O)C1O)C(O)CCCCCCCCCCCCCCCCCCCCCC. The third-order valence-electron chi connectivity index (χ3n) is 18.0. The van der Waals surface area contributed by atoms with Gasteiger partial charge in [0.05, 0.1) is 38.6 Å². The minimum Gasteiger partial charge on any atom is -0.394 e. The smallest absolute Gasteiger partial charge is 0.220 e. The second-order valence-electron chi connectivity index (χ2n) is 26.0. The van der Waals surface area contributed by atoms with Gasteiger partial charge in [0, 0.05) is 6.42 Å². The topological polar surface area (TPSA) is 307 Å². The molecule has 3 aliphatic heterocycles. The number of carbonyl (C=O) groups is 1. The molecule has 17 unspecified atom stereocenters. The average molecular weight is 1330 g/mol. The Labute approximate surface area is 565 Å². The minimum atomic E-state index is -1.98. The molecule has 94 heavy (non-hydrogen) atoms. The number of allylic oxidation sites excluding steroid dienone is 14. The molecular weight excluding hydrogens is 1200 g/mol. The van der Waals surface area contributed by atoms with Crippen LogP contribution in [0.3, 0.4) is 0 Å². The Bertz CT molecular complexity index is 2030. The Morgan fingerprint density at radius 3 is 1.15 bits per heavy atom. The van der Waals surface area contributed by atoms with Crippen molar-refractivity contribution in [2.45, 2.75) is 356 Å². The third kappa shape index (κ3) is 36.7. The molecule has 1 amide bonds. The highest BCUT2D eigenvalue weighted by Gasteiger charge is 2.53. The molecule has 0 aromatic carbocycles. The Balaban J connectivity index is 1.41. The summed E-state index contributed by atoms with van der Waals surface area (Å²) in [6.07, 6.45) is 45.0. The Hall–Kier alpha value is -3.03. The first-order valence-electron chi connectivity index (χ1n) is 36.8. The van der Waals surface area contributed by atoms with E-state index in [-0.39, 0.29) is 18.9 Å². The number of aliphatic hydroxyl groups is 11. The number of amides is 1. The predicted molar refractivity (Wildman–Crippen MR) is 369 cm³/mol. The van der Waals surface area contributed by atoms with Crippen LogP contribution in [0, 0.1) is 0 Å². The number of unbranched alkanes of at least 4 members (excludes halogenated alkanes) is 26. The van der Waals surface area contributed by atoms with Crippen molar-refractivity contribution in [1.29, 1.82) is 0 Å². The summed E-state index contributed by atoms with van der Waals surface area (Å²) in [7, 11) is 0. The van der Waals surface area contributed by atoms with E-state index in [4.69, 9.17) is 28.4 Å². The molecule has 3 saturated heterocycles. The normalized spacial score (nSPS) is 27.9. The van der Waals surface area contributed by atoms with Gasteiger partial charge in [-0.05, 0) is 70.6 Å². The maximum atomic E-state index is 13.5. The number of carbonyl (C=O) groups excluding carboxylic acids is 1. The number of aliphatic hydroxyl groups excluding tert-OH is 11. The fourth-order valence-corrected chi connectivity index (χ4v) is 12.1. The summed E-state index contributed by atoms with van der Waals surface area (Å²) in [5.41, 5.74) is 0. The molecule has 3 rings (SSSR count). The van der Waals surface area contributed by atoms with Gasteiger partial charge < -0.3 is 89.9 Å². The van der Waals surface area contributed by atoms with Crippen molar-refractivity contribution >= 4 is 5.91 Å². The van der Waals surface area contributed by atoms with E-state index in [0.29, 0.717) is 12.8 Å². The molecule has 3 fully saturated rings. The van der Waals surface area contributed by atoms with Crippen LogP contribution in [-0.2, 0) is 33.2 Å². The Kier molecular flexibility index (Phi) is 50.6. The number of hydrogen-bond donors (Lipinski definition) is 12. The van der Waals surface area contributed by atoms with Crippen LogP contribution in [0.1, 0.15) is 251 Å². The van der Waals surface area contributed by atoms with Crippen LogP contribution in [0.4, 0.5) is 0 Å². The molecule has 0 aromatic rings. The Morgan fingerprint density at radius 2 is 0.734 bits per heavy atom. The number of rotatable bonds is 56. The molecule has 3 aliphatic rings. The van der Waals surface area contributed by atoms with Crippen molar-refractivity contribution in [3.63, 3.8) is 0 Å². The lowest BCUT2D eigenvalue weighted by atomic mass is 9.96. The van der Waals surface area contributed by atoms with E-state index in [9.17, 15) is 61.0 Å². The van der Waals surface area contributed by atoms with Crippen LogP contribution >= 0.6 is 0 Å². The molecule has 3 heterocycles. The van der Waals surface area contributed by atoms with Gasteiger partial charge in [0.25, 0.3) is 0 Å². The van der Waals surface area contributed by atoms with Crippen molar-refractivity contribution in [3.05, 3.63) is 85.1 Å². The van der Waals surface area contributed by atoms with Crippen LogP contribution in [-0.4, -0.2) is 193 Å². The van der Waals surface area contributed by atoms with Gasteiger partial charge in [0.15, 0.2) is 18.9 Å². The first-order valence-corrected chi connectivity index (χ1v) is 36.8. The maximum absolute atomic E-state index is 13.5. The van der Waals surface area contributed by atoms with Crippen molar-refractivity contribution in [3.8, 4) is 0 Å².